The van der Waals surface area contributed by atoms with Gasteiger partial charge in [0, 0.05) is 48.1 Å². The summed E-state index contributed by atoms with van der Waals surface area (Å²) in [4.78, 5) is 14.1. The van der Waals surface area contributed by atoms with E-state index in [1.54, 1.807) is 6.07 Å². The zero-order valence-corrected chi connectivity index (χ0v) is 25.5. The van der Waals surface area contributed by atoms with E-state index in [1.165, 1.54) is 17.7 Å². The lowest BCUT2D eigenvalue weighted by Gasteiger charge is -2.34. The van der Waals surface area contributed by atoms with Crippen molar-refractivity contribution >= 4 is 54.7 Å². The van der Waals surface area contributed by atoms with Crippen LogP contribution in [-0.2, 0) is 0 Å². The van der Waals surface area contributed by atoms with Crippen LogP contribution in [0.2, 0.25) is 5.02 Å². The maximum Gasteiger partial charge on any atom is 0.319 e. The fourth-order valence-corrected chi connectivity index (χ4v) is 9.08. The quantitative estimate of drug-likeness (QED) is 0.258. The molecule has 8 nitrogen and oxygen atoms in total. The number of ether oxygens (including phenoxy) is 1. The molecule has 44 heavy (non-hydrogen) atoms. The molecule has 4 aliphatic rings. The summed E-state index contributed by atoms with van der Waals surface area (Å²) < 4.78 is 38.3. The lowest BCUT2D eigenvalue weighted by atomic mass is 9.94. The summed E-state index contributed by atoms with van der Waals surface area (Å²) >= 11 is 7.81. The smallest absolute Gasteiger partial charge is 0.319 e. The van der Waals surface area contributed by atoms with Gasteiger partial charge in [0.25, 0.3) is 0 Å². The van der Waals surface area contributed by atoms with Crippen molar-refractivity contribution in [2.75, 3.05) is 43.4 Å². The van der Waals surface area contributed by atoms with Crippen molar-refractivity contribution in [2.45, 2.75) is 49.7 Å². The van der Waals surface area contributed by atoms with Gasteiger partial charge in [-0.1, -0.05) is 29.8 Å². The number of hydrogen-bond donors (Lipinski definition) is 2. The van der Waals surface area contributed by atoms with Crippen LogP contribution >= 0.6 is 22.9 Å². The number of nitrogens with one attached hydrogen (secondary N) is 1. The standard InChI is InChI=1S/C32H30ClF2N7OS/c1-16-10-32(7-2-8-42(32)12-16)15-43-31-39-27-20(30(40-31)41-13-17-3-4-18(14-41)38-17)9-22(33)25(26(27)35)19-5-6-23(34)28-24(19)21(11-36)29(37)44-28/h5-6,9,17-18,38H,1-4,7-8,10,12-15,37H2/t17-,18+,32-/m1/s1. The number of hydrogen-bond acceptors (Lipinski definition) is 9. The van der Waals surface area contributed by atoms with Gasteiger partial charge in [-0.3, -0.25) is 4.90 Å². The first kappa shape index (κ1) is 28.0. The maximum atomic E-state index is 16.9. The summed E-state index contributed by atoms with van der Waals surface area (Å²) in [6.45, 7) is 7.89. The molecule has 0 aliphatic carbocycles. The van der Waals surface area contributed by atoms with Crippen LogP contribution in [-0.4, -0.2) is 65.3 Å². The Hall–Kier alpha value is -3.56. The molecule has 0 amide bonds. The predicted molar refractivity (Wildman–Crippen MR) is 169 cm³/mol. The van der Waals surface area contributed by atoms with Crippen molar-refractivity contribution in [3.8, 4) is 23.2 Å². The number of rotatable bonds is 5. The van der Waals surface area contributed by atoms with Gasteiger partial charge in [0.15, 0.2) is 5.82 Å². The third kappa shape index (κ3) is 4.26. The molecule has 226 valence electrons. The molecule has 0 spiro atoms. The van der Waals surface area contributed by atoms with Gasteiger partial charge in [0.05, 0.1) is 20.8 Å². The number of aromatic nitrogens is 2. The number of halogens is 3. The summed E-state index contributed by atoms with van der Waals surface area (Å²) in [6, 6.07) is 7.15. The van der Waals surface area contributed by atoms with Crippen LogP contribution in [0.25, 0.3) is 32.1 Å². The highest BCUT2D eigenvalue weighted by Crippen LogP contribution is 2.46. The van der Waals surface area contributed by atoms with Crippen LogP contribution < -0.4 is 20.7 Å². The van der Waals surface area contributed by atoms with Gasteiger partial charge in [0.2, 0.25) is 0 Å². The molecule has 2 aromatic heterocycles. The van der Waals surface area contributed by atoms with E-state index in [0.29, 0.717) is 29.9 Å². The lowest BCUT2D eigenvalue weighted by Crippen LogP contribution is -2.51. The summed E-state index contributed by atoms with van der Waals surface area (Å²) in [6.07, 6.45) is 5.08. The number of nitrogens with two attached hydrogens (primary N) is 1. The van der Waals surface area contributed by atoms with Gasteiger partial charge in [-0.05, 0) is 56.3 Å². The Bertz CT molecular complexity index is 1910. The zero-order valence-electron chi connectivity index (χ0n) is 23.9. The number of piperazine rings is 1. The second-order valence-corrected chi connectivity index (χ2v) is 14.0. The van der Waals surface area contributed by atoms with Crippen LogP contribution in [0.1, 0.15) is 37.7 Å². The fourth-order valence-electron chi connectivity index (χ4n) is 7.84. The van der Waals surface area contributed by atoms with Gasteiger partial charge >= 0.3 is 6.01 Å². The Labute approximate surface area is 262 Å². The molecule has 12 heteroatoms. The SMILES string of the molecule is C=C1CN2CCC[C@]2(COc2nc(N3C[C@H]4CC[C@@H](C3)N4)c3cc(Cl)c(-c4ccc(F)c5sc(N)c(C#N)c45)c(F)c3n2)C1. The number of benzene rings is 2. The molecule has 2 bridgehead atoms. The van der Waals surface area contributed by atoms with E-state index < -0.39 is 11.6 Å². The molecule has 0 saturated carbocycles. The van der Waals surface area contributed by atoms with Crippen molar-refractivity contribution in [2.24, 2.45) is 0 Å². The molecular weight excluding hydrogens is 604 g/mol. The van der Waals surface area contributed by atoms with Gasteiger partial charge < -0.3 is 20.7 Å². The van der Waals surface area contributed by atoms with E-state index in [9.17, 15) is 9.65 Å². The minimum absolute atomic E-state index is 0.0297. The van der Waals surface area contributed by atoms with E-state index in [2.05, 4.69) is 32.7 Å². The Morgan fingerprint density at radius 3 is 2.82 bits per heavy atom. The molecule has 6 heterocycles. The maximum absolute atomic E-state index is 16.9. The van der Waals surface area contributed by atoms with Crippen molar-refractivity contribution in [1.82, 2.24) is 20.2 Å². The fraction of sp³-hybridized carbons (Fsp3) is 0.406. The van der Waals surface area contributed by atoms with E-state index >= 15 is 4.39 Å². The van der Waals surface area contributed by atoms with Crippen LogP contribution in [0.15, 0.2) is 30.4 Å². The second kappa shape index (κ2) is 10.2. The van der Waals surface area contributed by atoms with Crippen molar-refractivity contribution in [3.63, 3.8) is 0 Å². The highest BCUT2D eigenvalue weighted by Gasteiger charge is 2.46. The molecule has 4 aromatic rings. The number of thiophene rings is 1. The van der Waals surface area contributed by atoms with E-state index in [-0.39, 0.29) is 53.9 Å². The van der Waals surface area contributed by atoms with Crippen LogP contribution in [0.4, 0.5) is 19.6 Å². The predicted octanol–water partition coefficient (Wildman–Crippen LogP) is 6.01. The van der Waals surface area contributed by atoms with E-state index in [4.69, 9.17) is 27.1 Å². The highest BCUT2D eigenvalue weighted by atomic mass is 35.5. The molecule has 8 rings (SSSR count). The first-order valence-electron chi connectivity index (χ1n) is 14.9. The average Bonchev–Trinajstić information content (AvgIpc) is 3.73. The molecule has 4 fully saturated rings. The number of nitrogen functional groups attached to an aromatic ring is 1. The van der Waals surface area contributed by atoms with E-state index in [1.807, 2.05) is 0 Å². The Balaban J connectivity index is 1.29. The topological polar surface area (TPSA) is 103 Å². The van der Waals surface area contributed by atoms with Crippen LogP contribution in [0.3, 0.4) is 0 Å². The summed E-state index contributed by atoms with van der Waals surface area (Å²) in [5, 5.41) is 14.5. The lowest BCUT2D eigenvalue weighted by molar-refractivity contribution is 0.108. The van der Waals surface area contributed by atoms with Crippen LogP contribution in [0, 0.1) is 23.0 Å². The molecule has 4 aliphatic heterocycles. The second-order valence-electron chi connectivity index (χ2n) is 12.5. The first-order chi connectivity index (χ1) is 21.2. The number of nitriles is 1. The first-order valence-corrected chi connectivity index (χ1v) is 16.1. The highest BCUT2D eigenvalue weighted by molar-refractivity contribution is 7.23. The molecule has 0 radical (unpaired) electrons. The molecular formula is C32H30ClF2N7OS. The van der Waals surface area contributed by atoms with Crippen LogP contribution in [0.5, 0.6) is 6.01 Å². The number of fused-ring (bicyclic) bond motifs is 5. The monoisotopic (exact) mass is 633 g/mol. The van der Waals surface area contributed by atoms with Gasteiger partial charge in [-0.15, -0.1) is 11.3 Å². The average molecular weight is 634 g/mol. The van der Waals surface area contributed by atoms with Gasteiger partial charge in [-0.2, -0.15) is 15.2 Å². The Morgan fingerprint density at radius 2 is 2.05 bits per heavy atom. The minimum atomic E-state index is -0.685. The third-order valence-corrected chi connectivity index (χ3v) is 11.1. The Morgan fingerprint density at radius 1 is 1.25 bits per heavy atom. The largest absolute Gasteiger partial charge is 0.461 e. The number of anilines is 2. The summed E-state index contributed by atoms with van der Waals surface area (Å²) in [5.41, 5.74) is 7.57. The molecule has 3 N–H and O–H groups in total. The molecule has 2 aromatic carbocycles. The molecule has 4 saturated heterocycles. The molecule has 0 unspecified atom stereocenters. The Kier molecular flexibility index (Phi) is 6.50. The van der Waals surface area contributed by atoms with Crippen molar-refractivity contribution in [3.05, 3.63) is 52.6 Å². The van der Waals surface area contributed by atoms with E-state index in [0.717, 1.165) is 69.6 Å². The van der Waals surface area contributed by atoms with Gasteiger partial charge in [0.1, 0.15) is 34.8 Å². The summed E-state index contributed by atoms with van der Waals surface area (Å²) in [5.74, 6) is -0.646. The van der Waals surface area contributed by atoms with Gasteiger partial charge in [-0.25, -0.2) is 8.78 Å². The number of nitrogens with zero attached hydrogens (tertiary/aromatic N) is 5. The normalized spacial score (nSPS) is 24.9. The van der Waals surface area contributed by atoms with Crippen molar-refractivity contribution in [1.29, 1.82) is 5.26 Å². The summed E-state index contributed by atoms with van der Waals surface area (Å²) in [7, 11) is 0. The third-order valence-electron chi connectivity index (χ3n) is 9.76. The minimum Gasteiger partial charge on any atom is -0.461 e. The zero-order chi connectivity index (χ0) is 30.3. The molecule has 3 atom stereocenters. The van der Waals surface area contributed by atoms with Crippen molar-refractivity contribution < 1.29 is 13.5 Å².